The Hall–Kier alpha value is -3.44. The molecule has 1 unspecified atom stereocenters. The van der Waals surface area contributed by atoms with Crippen LogP contribution in [0.2, 0.25) is 0 Å². The van der Waals surface area contributed by atoms with Crippen LogP contribution in [0.5, 0.6) is 11.5 Å². The molecule has 7 nitrogen and oxygen atoms in total. The van der Waals surface area contributed by atoms with E-state index in [1.54, 1.807) is 12.1 Å². The van der Waals surface area contributed by atoms with E-state index in [9.17, 15) is 20.0 Å². The molecule has 0 radical (unpaired) electrons. The summed E-state index contributed by atoms with van der Waals surface area (Å²) in [6.07, 6.45) is 0.0827. The van der Waals surface area contributed by atoms with Crippen molar-refractivity contribution < 1.29 is 24.2 Å². The minimum Gasteiger partial charge on any atom is -0.504 e. The quantitative estimate of drug-likeness (QED) is 0.657. The molecule has 0 aromatic heterocycles. The highest BCUT2D eigenvalue weighted by Gasteiger charge is 2.30. The van der Waals surface area contributed by atoms with Crippen molar-refractivity contribution in [2.75, 3.05) is 12.9 Å². The molecule has 1 aliphatic heterocycles. The van der Waals surface area contributed by atoms with Gasteiger partial charge in [0.15, 0.2) is 11.5 Å². The summed E-state index contributed by atoms with van der Waals surface area (Å²) in [5.41, 5.74) is 1.89. The number of hydrogen-bond donors (Lipinski definition) is 2. The second-order valence-corrected chi connectivity index (χ2v) is 7.51. The first-order valence-corrected chi connectivity index (χ1v) is 10.1. The molecular weight excluding hydrogens is 404 g/mol. The van der Waals surface area contributed by atoms with Crippen LogP contribution in [0.15, 0.2) is 59.1 Å². The Morgan fingerprint density at radius 3 is 2.77 bits per heavy atom. The van der Waals surface area contributed by atoms with E-state index >= 15 is 0 Å². The van der Waals surface area contributed by atoms with E-state index in [0.717, 1.165) is 17.3 Å². The normalized spacial score (nSPS) is 15.9. The van der Waals surface area contributed by atoms with Gasteiger partial charge in [-0.15, -0.1) is 0 Å². The Labute approximate surface area is 178 Å². The molecule has 0 saturated carbocycles. The zero-order chi connectivity index (χ0) is 21.5. The Morgan fingerprint density at radius 1 is 1.30 bits per heavy atom. The van der Waals surface area contributed by atoms with Crippen molar-refractivity contribution in [3.63, 3.8) is 0 Å². The molecule has 30 heavy (non-hydrogen) atoms. The number of nitrogens with zero attached hydrogens (tertiary/aromatic N) is 1. The van der Waals surface area contributed by atoms with Gasteiger partial charge in [0.2, 0.25) is 5.91 Å². The molecule has 2 aromatic carbocycles. The standard InChI is InChI=1S/C22H20N2O5S/c1-28-19-9-15(7-8-18(19)25)16-10-20(26)24-22(17(16)11-23)30-13-21(27)29-12-14-5-3-2-4-6-14/h2-9,16,25H,10,12-13H2,1H3,(H,24,26). The van der Waals surface area contributed by atoms with Crippen molar-refractivity contribution in [1.82, 2.24) is 5.32 Å². The van der Waals surface area contributed by atoms with Crippen molar-refractivity contribution in [1.29, 1.82) is 5.26 Å². The third-order valence-electron chi connectivity index (χ3n) is 4.54. The number of rotatable bonds is 7. The molecule has 8 heteroatoms. The average Bonchev–Trinajstić information content (AvgIpc) is 2.77. The molecule has 1 aliphatic rings. The minimum atomic E-state index is -0.499. The first-order chi connectivity index (χ1) is 14.5. The van der Waals surface area contributed by atoms with E-state index in [-0.39, 0.29) is 36.2 Å². The van der Waals surface area contributed by atoms with Gasteiger partial charge in [0, 0.05) is 12.3 Å². The summed E-state index contributed by atoms with van der Waals surface area (Å²) in [5, 5.41) is 22.5. The summed E-state index contributed by atoms with van der Waals surface area (Å²) in [6.45, 7) is 0.159. The zero-order valence-electron chi connectivity index (χ0n) is 16.3. The molecular formula is C22H20N2O5S. The fourth-order valence-corrected chi connectivity index (χ4v) is 3.91. The molecule has 0 fully saturated rings. The number of phenolic OH excluding ortho intramolecular Hbond substituents is 1. The van der Waals surface area contributed by atoms with Crippen LogP contribution in [-0.2, 0) is 20.9 Å². The topological polar surface area (TPSA) is 109 Å². The van der Waals surface area contributed by atoms with Crippen LogP contribution < -0.4 is 10.1 Å². The van der Waals surface area contributed by atoms with Gasteiger partial charge in [-0.05, 0) is 23.3 Å². The number of allylic oxidation sites excluding steroid dienone is 1. The zero-order valence-corrected chi connectivity index (χ0v) is 17.1. The number of nitrogens with one attached hydrogen (secondary N) is 1. The summed E-state index contributed by atoms with van der Waals surface area (Å²) in [4.78, 5) is 24.3. The van der Waals surface area contributed by atoms with Crippen molar-refractivity contribution >= 4 is 23.6 Å². The number of phenols is 1. The van der Waals surface area contributed by atoms with Crippen molar-refractivity contribution in [3.05, 3.63) is 70.3 Å². The molecule has 2 N–H and O–H groups in total. The van der Waals surface area contributed by atoms with Crippen molar-refractivity contribution in [2.24, 2.45) is 0 Å². The van der Waals surface area contributed by atoms with Crippen molar-refractivity contribution in [3.8, 4) is 17.6 Å². The highest BCUT2D eigenvalue weighted by Crippen LogP contribution is 2.38. The number of aromatic hydroxyl groups is 1. The van der Waals surface area contributed by atoms with E-state index in [1.165, 1.54) is 13.2 Å². The van der Waals surface area contributed by atoms with Crippen LogP contribution >= 0.6 is 11.8 Å². The Balaban J connectivity index is 1.72. The lowest BCUT2D eigenvalue weighted by Crippen LogP contribution is -2.31. The van der Waals surface area contributed by atoms with Crippen LogP contribution in [0.25, 0.3) is 0 Å². The summed E-state index contributed by atoms with van der Waals surface area (Å²) in [6, 6.07) is 16.2. The number of hydrogen-bond acceptors (Lipinski definition) is 7. The summed E-state index contributed by atoms with van der Waals surface area (Å²) < 4.78 is 10.4. The van der Waals surface area contributed by atoms with Gasteiger partial charge in [-0.3, -0.25) is 9.59 Å². The minimum absolute atomic E-state index is 0.0280. The molecule has 0 bridgehead atoms. The highest BCUT2D eigenvalue weighted by atomic mass is 32.2. The predicted molar refractivity (Wildman–Crippen MR) is 111 cm³/mol. The summed E-state index contributed by atoms with van der Waals surface area (Å²) >= 11 is 1.06. The maximum Gasteiger partial charge on any atom is 0.316 e. The number of thioether (sulfide) groups is 1. The third-order valence-corrected chi connectivity index (χ3v) is 5.53. The molecule has 0 spiro atoms. The number of esters is 1. The van der Waals surface area contributed by atoms with Crippen molar-refractivity contribution in [2.45, 2.75) is 18.9 Å². The fourth-order valence-electron chi connectivity index (χ4n) is 3.04. The second-order valence-electron chi connectivity index (χ2n) is 6.53. The van der Waals surface area contributed by atoms with Gasteiger partial charge < -0.3 is 19.9 Å². The van der Waals surface area contributed by atoms with Crippen LogP contribution in [0.4, 0.5) is 0 Å². The number of ether oxygens (including phenoxy) is 2. The number of benzene rings is 2. The first-order valence-electron chi connectivity index (χ1n) is 9.15. The van der Waals surface area contributed by atoms with E-state index in [4.69, 9.17) is 9.47 Å². The second kappa shape index (κ2) is 9.85. The SMILES string of the molecule is COc1cc(C2CC(=O)NC(SCC(=O)OCc3ccccc3)=C2C#N)ccc1O. The molecule has 0 saturated heterocycles. The monoisotopic (exact) mass is 424 g/mol. The van der Waals surface area contributed by atoms with Gasteiger partial charge in [0.25, 0.3) is 0 Å². The maximum absolute atomic E-state index is 12.2. The largest absolute Gasteiger partial charge is 0.504 e. The van der Waals surface area contributed by atoms with Gasteiger partial charge in [-0.1, -0.05) is 48.2 Å². The first kappa shape index (κ1) is 21.3. The molecule has 1 amide bonds. The molecule has 0 aliphatic carbocycles. The van der Waals surface area contributed by atoms with E-state index in [2.05, 4.69) is 11.4 Å². The Kier molecular flexibility index (Phi) is 6.99. The van der Waals surface area contributed by atoms with Gasteiger partial charge >= 0.3 is 5.97 Å². The van der Waals surface area contributed by atoms with E-state index in [1.807, 2.05) is 30.3 Å². The number of amides is 1. The van der Waals surface area contributed by atoms with Crippen LogP contribution in [-0.4, -0.2) is 29.8 Å². The lowest BCUT2D eigenvalue weighted by atomic mass is 9.87. The molecule has 1 atom stereocenters. The number of carbonyl (C=O) groups excluding carboxylic acids is 2. The highest BCUT2D eigenvalue weighted by molar-refractivity contribution is 8.03. The summed E-state index contributed by atoms with van der Waals surface area (Å²) in [7, 11) is 1.43. The van der Waals surface area contributed by atoms with Crippen LogP contribution in [0, 0.1) is 11.3 Å². The molecule has 2 aromatic rings. The third kappa shape index (κ3) is 5.13. The van der Waals surface area contributed by atoms with E-state index < -0.39 is 11.9 Å². The van der Waals surface area contributed by atoms with Gasteiger partial charge in [0.05, 0.1) is 29.5 Å². The van der Waals surface area contributed by atoms with Gasteiger partial charge in [0.1, 0.15) is 6.61 Å². The Bertz CT molecular complexity index is 1010. The predicted octanol–water partition coefficient (Wildman–Crippen LogP) is 3.22. The number of methoxy groups -OCH3 is 1. The molecule has 3 rings (SSSR count). The Morgan fingerprint density at radius 2 is 2.07 bits per heavy atom. The lowest BCUT2D eigenvalue weighted by Gasteiger charge is -2.25. The van der Waals surface area contributed by atoms with Gasteiger partial charge in [-0.25, -0.2) is 0 Å². The van der Waals surface area contributed by atoms with Gasteiger partial charge in [-0.2, -0.15) is 5.26 Å². The number of nitriles is 1. The smallest absolute Gasteiger partial charge is 0.316 e. The maximum atomic E-state index is 12.2. The van der Waals surface area contributed by atoms with Crippen LogP contribution in [0.3, 0.4) is 0 Å². The van der Waals surface area contributed by atoms with Crippen LogP contribution in [0.1, 0.15) is 23.5 Å². The lowest BCUT2D eigenvalue weighted by molar-refractivity contribution is -0.141. The molecule has 1 heterocycles. The van der Waals surface area contributed by atoms with E-state index in [0.29, 0.717) is 16.2 Å². The number of carbonyl (C=O) groups is 2. The molecule has 154 valence electrons. The average molecular weight is 424 g/mol. The summed E-state index contributed by atoms with van der Waals surface area (Å²) in [5.74, 6) is -1.02. The fraction of sp³-hybridized carbons (Fsp3) is 0.227.